The third kappa shape index (κ3) is 4.50. The minimum Gasteiger partial charge on any atom is -0.492 e. The average molecular weight is 502 g/mol. The van der Waals surface area contributed by atoms with Gasteiger partial charge in [-0.25, -0.2) is 14.5 Å². The van der Waals surface area contributed by atoms with Gasteiger partial charge in [0.25, 0.3) is 0 Å². The Hall–Kier alpha value is -3.60. The smallest absolute Gasteiger partial charge is 0.193 e. The molecule has 1 fully saturated rings. The minimum atomic E-state index is -0.161. The maximum Gasteiger partial charge on any atom is 0.193 e. The van der Waals surface area contributed by atoms with Gasteiger partial charge in [-0.2, -0.15) is 10.2 Å². The summed E-state index contributed by atoms with van der Waals surface area (Å²) in [5, 5.41) is 22.4. The zero-order valence-electron chi connectivity index (χ0n) is 20.0. The summed E-state index contributed by atoms with van der Waals surface area (Å²) in [6.07, 6.45) is 5.02. The van der Waals surface area contributed by atoms with Gasteiger partial charge in [-0.05, 0) is 25.8 Å². The Bertz CT molecular complexity index is 1450. The van der Waals surface area contributed by atoms with Crippen molar-refractivity contribution in [1.29, 1.82) is 0 Å². The van der Waals surface area contributed by atoms with E-state index in [1.165, 1.54) is 0 Å². The topological polar surface area (TPSA) is 104 Å². The number of aryl methyl sites for hydroxylation is 1. The molecule has 0 unspecified atom stereocenters. The van der Waals surface area contributed by atoms with Gasteiger partial charge in [-0.15, -0.1) is 11.3 Å². The van der Waals surface area contributed by atoms with E-state index in [1.807, 2.05) is 60.1 Å². The molecule has 184 valence electrons. The van der Waals surface area contributed by atoms with Crippen LogP contribution in [-0.2, 0) is 0 Å². The number of benzene rings is 1. The number of nitrogens with one attached hydrogen (secondary N) is 1. The van der Waals surface area contributed by atoms with Crippen LogP contribution in [0.25, 0.3) is 38.0 Å². The molecule has 0 aliphatic carbocycles. The first-order valence-corrected chi connectivity index (χ1v) is 12.9. The van der Waals surface area contributed by atoms with Crippen molar-refractivity contribution in [2.45, 2.75) is 25.9 Å². The van der Waals surface area contributed by atoms with Crippen molar-refractivity contribution in [3.05, 3.63) is 60.7 Å². The number of hydrogen-bond acceptors (Lipinski definition) is 8. The number of nitrogens with zero attached hydrogens (tertiary/aromatic N) is 6. The average Bonchev–Trinajstić information content (AvgIpc) is 3.64. The number of hydrogen-bond donors (Lipinski definition) is 2. The van der Waals surface area contributed by atoms with E-state index in [9.17, 15) is 5.11 Å². The van der Waals surface area contributed by atoms with Crippen molar-refractivity contribution in [3.63, 3.8) is 0 Å². The molecule has 9 nitrogen and oxygen atoms in total. The number of pyridine rings is 1. The van der Waals surface area contributed by atoms with Crippen molar-refractivity contribution < 1.29 is 9.84 Å². The van der Waals surface area contributed by atoms with Crippen molar-refractivity contribution in [2.24, 2.45) is 0 Å². The van der Waals surface area contributed by atoms with Crippen LogP contribution in [0.5, 0.6) is 5.75 Å². The summed E-state index contributed by atoms with van der Waals surface area (Å²) < 4.78 is 7.99. The normalized spacial score (nSPS) is 15.1. The predicted octanol–water partition coefficient (Wildman–Crippen LogP) is 4.05. The molecule has 1 aromatic carbocycles. The van der Waals surface area contributed by atoms with Crippen LogP contribution < -0.4 is 4.74 Å². The molecule has 0 amide bonds. The second kappa shape index (κ2) is 9.81. The molecule has 10 heteroatoms. The summed E-state index contributed by atoms with van der Waals surface area (Å²) >= 11 is 1.56. The van der Waals surface area contributed by atoms with Gasteiger partial charge in [0.2, 0.25) is 0 Å². The van der Waals surface area contributed by atoms with Crippen molar-refractivity contribution in [2.75, 3.05) is 26.2 Å². The Morgan fingerprint density at radius 1 is 1.17 bits per heavy atom. The van der Waals surface area contributed by atoms with Crippen LogP contribution in [0.1, 0.15) is 18.5 Å². The Morgan fingerprint density at radius 3 is 2.78 bits per heavy atom. The van der Waals surface area contributed by atoms with E-state index >= 15 is 0 Å². The van der Waals surface area contributed by atoms with E-state index in [0.717, 1.165) is 76.1 Å². The third-order valence-corrected chi connectivity index (χ3v) is 7.59. The lowest BCUT2D eigenvalue weighted by atomic mass is 10.1. The number of fused-ring (bicyclic) bond motifs is 1. The van der Waals surface area contributed by atoms with Crippen LogP contribution in [-0.4, -0.2) is 72.1 Å². The third-order valence-electron chi connectivity index (χ3n) is 6.52. The number of aromatic amines is 1. The van der Waals surface area contributed by atoms with Gasteiger partial charge in [-0.3, -0.25) is 10.00 Å². The Labute approximate surface area is 212 Å². The van der Waals surface area contributed by atoms with Gasteiger partial charge >= 0.3 is 0 Å². The van der Waals surface area contributed by atoms with Crippen LogP contribution in [0.3, 0.4) is 0 Å². The van der Waals surface area contributed by atoms with Gasteiger partial charge in [0.05, 0.1) is 28.6 Å². The first-order valence-electron chi connectivity index (χ1n) is 12.1. The van der Waals surface area contributed by atoms with Gasteiger partial charge in [0.15, 0.2) is 5.82 Å². The summed E-state index contributed by atoms with van der Waals surface area (Å²) in [5.41, 5.74) is 4.69. The fraction of sp³-hybridized carbons (Fsp3) is 0.308. The Kier molecular flexibility index (Phi) is 6.22. The van der Waals surface area contributed by atoms with Crippen LogP contribution in [0.15, 0.2) is 55.0 Å². The molecule has 2 N–H and O–H groups in total. The molecule has 0 saturated carbocycles. The summed E-state index contributed by atoms with van der Waals surface area (Å²) in [6, 6.07) is 14.1. The highest BCUT2D eigenvalue weighted by Crippen LogP contribution is 2.41. The van der Waals surface area contributed by atoms with E-state index in [-0.39, 0.29) is 6.10 Å². The molecule has 36 heavy (non-hydrogen) atoms. The monoisotopic (exact) mass is 501 g/mol. The minimum absolute atomic E-state index is 0.161. The summed E-state index contributed by atoms with van der Waals surface area (Å²) in [5.74, 6) is 1.43. The van der Waals surface area contributed by atoms with Crippen molar-refractivity contribution in [1.82, 2.24) is 34.7 Å². The van der Waals surface area contributed by atoms with Gasteiger partial charge < -0.3 is 9.84 Å². The molecule has 5 aromatic rings. The summed E-state index contributed by atoms with van der Waals surface area (Å²) in [7, 11) is 0. The Morgan fingerprint density at radius 2 is 2.00 bits per heavy atom. The van der Waals surface area contributed by atoms with E-state index in [1.54, 1.807) is 17.7 Å². The highest BCUT2D eigenvalue weighted by Gasteiger charge is 2.22. The molecule has 5 heterocycles. The second-order valence-corrected chi connectivity index (χ2v) is 9.96. The van der Waals surface area contributed by atoms with Crippen LogP contribution >= 0.6 is 11.3 Å². The predicted molar refractivity (Wildman–Crippen MR) is 139 cm³/mol. The standard InChI is InChI=1S/C26H27N7O2S/c1-17-22(26-29-23(18-5-3-2-4-6-18)24(36-26)25-27-16-28-30-25)21-15-20(9-12-33(21)31-17)35-14-13-32-10-7-19(34)8-11-32/h2-6,9,12,15-16,19,34H,7-8,10-11,13-14H2,1H3,(H,27,28,30). The van der Waals surface area contributed by atoms with Gasteiger partial charge in [0, 0.05) is 37.5 Å². The number of ether oxygens (including phenoxy) is 1. The quantitative estimate of drug-likeness (QED) is 0.347. The lowest BCUT2D eigenvalue weighted by molar-refractivity contribution is 0.0755. The fourth-order valence-electron chi connectivity index (χ4n) is 4.62. The zero-order valence-corrected chi connectivity index (χ0v) is 20.8. The van der Waals surface area contributed by atoms with E-state index in [0.29, 0.717) is 12.4 Å². The number of likely N-dealkylation sites (tertiary alicyclic amines) is 1. The molecule has 1 saturated heterocycles. The van der Waals surface area contributed by atoms with Crippen molar-refractivity contribution >= 4 is 16.9 Å². The molecule has 1 aliphatic heterocycles. The molecule has 0 spiro atoms. The second-order valence-electron chi connectivity index (χ2n) is 8.96. The molecule has 4 aromatic heterocycles. The molecular weight excluding hydrogens is 474 g/mol. The lowest BCUT2D eigenvalue weighted by Gasteiger charge is -2.29. The molecule has 6 rings (SSSR count). The SMILES string of the molecule is Cc1nn2ccc(OCCN3CCC(O)CC3)cc2c1-c1nc(-c2ccccc2)c(-c2nc[nH]n2)s1. The molecule has 1 aliphatic rings. The van der Waals surface area contributed by atoms with Crippen molar-refractivity contribution in [3.8, 4) is 38.3 Å². The highest BCUT2D eigenvalue weighted by molar-refractivity contribution is 7.19. The maximum absolute atomic E-state index is 9.71. The van der Waals surface area contributed by atoms with E-state index in [4.69, 9.17) is 14.8 Å². The first-order chi connectivity index (χ1) is 17.7. The number of aliphatic hydroxyl groups excluding tert-OH is 1. The number of aliphatic hydroxyl groups is 1. The largest absolute Gasteiger partial charge is 0.492 e. The first kappa shape index (κ1) is 22.8. The number of piperidine rings is 1. The van der Waals surface area contributed by atoms with Crippen LogP contribution in [0.2, 0.25) is 0 Å². The van der Waals surface area contributed by atoms with Crippen LogP contribution in [0.4, 0.5) is 0 Å². The Balaban J connectivity index is 1.31. The molecule has 0 bridgehead atoms. The zero-order chi connectivity index (χ0) is 24.5. The highest BCUT2D eigenvalue weighted by atomic mass is 32.1. The molecular formula is C26H27N7O2S. The summed E-state index contributed by atoms with van der Waals surface area (Å²) in [6.45, 7) is 5.27. The van der Waals surface area contributed by atoms with Gasteiger partial charge in [0.1, 0.15) is 28.6 Å². The number of H-pyrrole nitrogens is 1. The molecule has 0 atom stereocenters. The van der Waals surface area contributed by atoms with Gasteiger partial charge in [-0.1, -0.05) is 30.3 Å². The molecule has 0 radical (unpaired) electrons. The number of aromatic nitrogens is 6. The lowest BCUT2D eigenvalue weighted by Crippen LogP contribution is -2.38. The van der Waals surface area contributed by atoms with E-state index < -0.39 is 0 Å². The van der Waals surface area contributed by atoms with E-state index in [2.05, 4.69) is 20.1 Å². The van der Waals surface area contributed by atoms with Crippen LogP contribution in [0, 0.1) is 6.92 Å². The number of thiazole rings is 1. The summed E-state index contributed by atoms with van der Waals surface area (Å²) in [4.78, 5) is 12.7. The fourth-order valence-corrected chi connectivity index (χ4v) is 5.76. The number of rotatable bonds is 7. The maximum atomic E-state index is 9.71.